The molecular formula is C11H14N2O2. The van der Waals surface area contributed by atoms with Gasteiger partial charge in [-0.1, -0.05) is 6.92 Å². The lowest BCUT2D eigenvalue weighted by Crippen LogP contribution is -2.19. The van der Waals surface area contributed by atoms with E-state index in [4.69, 9.17) is 5.11 Å². The summed E-state index contributed by atoms with van der Waals surface area (Å²) in [5.41, 5.74) is 1.08. The van der Waals surface area contributed by atoms with E-state index < -0.39 is 5.97 Å². The number of hydrogen-bond donors (Lipinski definition) is 1. The van der Waals surface area contributed by atoms with Gasteiger partial charge in [0.15, 0.2) is 0 Å². The summed E-state index contributed by atoms with van der Waals surface area (Å²) in [5.74, 6) is -0.282. The molecule has 0 spiro atoms. The maximum absolute atomic E-state index is 10.8. The number of anilines is 1. The molecule has 1 aromatic heterocycles. The lowest BCUT2D eigenvalue weighted by atomic mass is 10.2. The van der Waals surface area contributed by atoms with Crippen molar-refractivity contribution in [1.82, 2.24) is 4.98 Å². The predicted octanol–water partition coefficient (Wildman–Crippen LogP) is 1.63. The molecule has 2 rings (SSSR count). The van der Waals surface area contributed by atoms with Crippen molar-refractivity contribution in [2.45, 2.75) is 13.3 Å². The van der Waals surface area contributed by atoms with Gasteiger partial charge in [-0.05, 0) is 24.5 Å². The fraction of sp³-hybridized carbons (Fsp3) is 0.455. The van der Waals surface area contributed by atoms with E-state index in [0.29, 0.717) is 5.92 Å². The Labute approximate surface area is 88.6 Å². The molecule has 1 N–H and O–H groups in total. The summed E-state index contributed by atoms with van der Waals surface area (Å²) >= 11 is 0. The highest BCUT2D eigenvalue weighted by Gasteiger charge is 2.19. The van der Waals surface area contributed by atoms with Crippen LogP contribution in [0.5, 0.6) is 0 Å². The van der Waals surface area contributed by atoms with Crippen LogP contribution in [0.2, 0.25) is 0 Å². The number of aromatic nitrogens is 1. The number of carbonyl (C=O) groups is 1. The van der Waals surface area contributed by atoms with E-state index in [-0.39, 0.29) is 5.69 Å². The largest absolute Gasteiger partial charge is 0.477 e. The summed E-state index contributed by atoms with van der Waals surface area (Å²) in [6.45, 7) is 4.21. The van der Waals surface area contributed by atoms with Crippen molar-refractivity contribution in [1.29, 1.82) is 0 Å². The van der Waals surface area contributed by atoms with E-state index in [1.807, 2.05) is 6.07 Å². The molecule has 1 unspecified atom stereocenters. The van der Waals surface area contributed by atoms with Crippen LogP contribution < -0.4 is 4.90 Å². The van der Waals surface area contributed by atoms with E-state index in [1.165, 1.54) is 6.42 Å². The van der Waals surface area contributed by atoms with Crippen LogP contribution >= 0.6 is 0 Å². The molecule has 1 aliphatic heterocycles. The zero-order valence-corrected chi connectivity index (χ0v) is 8.68. The Morgan fingerprint density at radius 3 is 3.07 bits per heavy atom. The van der Waals surface area contributed by atoms with Gasteiger partial charge in [0, 0.05) is 25.0 Å². The van der Waals surface area contributed by atoms with Crippen LogP contribution in [-0.2, 0) is 0 Å². The summed E-state index contributed by atoms with van der Waals surface area (Å²) < 4.78 is 0. The second-order valence-corrected chi connectivity index (χ2v) is 4.04. The molecule has 1 saturated heterocycles. The molecular weight excluding hydrogens is 192 g/mol. The average Bonchev–Trinajstić information content (AvgIpc) is 2.65. The first-order valence-corrected chi connectivity index (χ1v) is 5.11. The highest BCUT2D eigenvalue weighted by atomic mass is 16.4. The Morgan fingerprint density at radius 1 is 1.67 bits per heavy atom. The van der Waals surface area contributed by atoms with Crippen LogP contribution in [0.1, 0.15) is 23.8 Å². The first-order valence-electron chi connectivity index (χ1n) is 5.11. The van der Waals surface area contributed by atoms with Crippen LogP contribution in [0, 0.1) is 5.92 Å². The quantitative estimate of drug-likeness (QED) is 0.799. The first kappa shape index (κ1) is 9.96. The molecule has 2 heterocycles. The standard InChI is InChI=1S/C11H14N2O2/c1-8-3-5-13(7-8)9-2-4-12-10(6-9)11(14)15/h2,4,6,8H,3,5,7H2,1H3,(H,14,15). The number of pyridine rings is 1. The van der Waals surface area contributed by atoms with Crippen molar-refractivity contribution < 1.29 is 9.90 Å². The highest BCUT2D eigenvalue weighted by Crippen LogP contribution is 2.23. The average molecular weight is 206 g/mol. The predicted molar refractivity (Wildman–Crippen MR) is 57.2 cm³/mol. The summed E-state index contributed by atoms with van der Waals surface area (Å²) in [6.07, 6.45) is 2.73. The fourth-order valence-electron chi connectivity index (χ4n) is 1.90. The van der Waals surface area contributed by atoms with Gasteiger partial charge in [0.2, 0.25) is 0 Å². The fourth-order valence-corrected chi connectivity index (χ4v) is 1.90. The minimum atomic E-state index is -0.968. The van der Waals surface area contributed by atoms with Gasteiger partial charge in [-0.3, -0.25) is 0 Å². The monoisotopic (exact) mass is 206 g/mol. The number of rotatable bonds is 2. The van der Waals surface area contributed by atoms with Crippen molar-refractivity contribution in [2.75, 3.05) is 18.0 Å². The van der Waals surface area contributed by atoms with Crippen LogP contribution in [0.15, 0.2) is 18.3 Å². The normalized spacial score (nSPS) is 20.6. The zero-order chi connectivity index (χ0) is 10.8. The minimum absolute atomic E-state index is 0.118. The molecule has 1 fully saturated rings. The van der Waals surface area contributed by atoms with E-state index in [2.05, 4.69) is 16.8 Å². The van der Waals surface area contributed by atoms with Gasteiger partial charge in [-0.2, -0.15) is 0 Å². The van der Waals surface area contributed by atoms with Crippen molar-refractivity contribution in [3.63, 3.8) is 0 Å². The van der Waals surface area contributed by atoms with Crippen molar-refractivity contribution >= 4 is 11.7 Å². The molecule has 0 radical (unpaired) electrons. The Hall–Kier alpha value is -1.58. The molecule has 1 aromatic rings. The number of nitrogens with zero attached hydrogens (tertiary/aromatic N) is 2. The molecule has 0 aliphatic carbocycles. The van der Waals surface area contributed by atoms with Crippen LogP contribution in [0.25, 0.3) is 0 Å². The smallest absolute Gasteiger partial charge is 0.354 e. The Morgan fingerprint density at radius 2 is 2.47 bits per heavy atom. The molecule has 0 aromatic carbocycles. The lowest BCUT2D eigenvalue weighted by molar-refractivity contribution is 0.0690. The summed E-state index contributed by atoms with van der Waals surface area (Å²) in [5, 5.41) is 8.82. The van der Waals surface area contributed by atoms with Crippen LogP contribution in [0.3, 0.4) is 0 Å². The first-order chi connectivity index (χ1) is 7.16. The van der Waals surface area contributed by atoms with E-state index in [9.17, 15) is 4.79 Å². The van der Waals surface area contributed by atoms with Gasteiger partial charge in [0.25, 0.3) is 0 Å². The summed E-state index contributed by atoms with van der Waals surface area (Å²) in [6, 6.07) is 3.50. The van der Waals surface area contributed by atoms with Gasteiger partial charge in [-0.15, -0.1) is 0 Å². The lowest BCUT2D eigenvalue weighted by Gasteiger charge is -2.17. The van der Waals surface area contributed by atoms with Crippen LogP contribution in [-0.4, -0.2) is 29.1 Å². The molecule has 15 heavy (non-hydrogen) atoms. The van der Waals surface area contributed by atoms with Gasteiger partial charge >= 0.3 is 5.97 Å². The molecule has 4 nitrogen and oxygen atoms in total. The van der Waals surface area contributed by atoms with E-state index >= 15 is 0 Å². The molecule has 1 atom stereocenters. The van der Waals surface area contributed by atoms with Crippen molar-refractivity contribution in [2.24, 2.45) is 5.92 Å². The maximum atomic E-state index is 10.8. The molecule has 80 valence electrons. The SMILES string of the molecule is CC1CCN(c2ccnc(C(=O)O)c2)C1. The minimum Gasteiger partial charge on any atom is -0.477 e. The van der Waals surface area contributed by atoms with Gasteiger partial charge in [0.05, 0.1) is 0 Å². The second-order valence-electron chi connectivity index (χ2n) is 4.04. The Balaban J connectivity index is 2.21. The third kappa shape index (κ3) is 2.09. The molecule has 0 saturated carbocycles. The summed E-state index contributed by atoms with van der Waals surface area (Å²) in [4.78, 5) is 16.8. The molecule has 0 bridgehead atoms. The molecule has 0 amide bonds. The summed E-state index contributed by atoms with van der Waals surface area (Å²) in [7, 11) is 0. The van der Waals surface area contributed by atoms with E-state index in [1.54, 1.807) is 12.3 Å². The van der Waals surface area contributed by atoms with Crippen LogP contribution in [0.4, 0.5) is 5.69 Å². The number of aromatic carboxylic acids is 1. The second kappa shape index (κ2) is 3.88. The number of hydrogen-bond acceptors (Lipinski definition) is 3. The number of carboxylic acid groups (broad SMARTS) is 1. The number of carboxylic acids is 1. The Bertz CT molecular complexity index is 379. The van der Waals surface area contributed by atoms with E-state index in [0.717, 1.165) is 18.8 Å². The van der Waals surface area contributed by atoms with Gasteiger partial charge in [-0.25, -0.2) is 9.78 Å². The third-order valence-electron chi connectivity index (χ3n) is 2.75. The highest BCUT2D eigenvalue weighted by molar-refractivity contribution is 5.86. The van der Waals surface area contributed by atoms with Gasteiger partial charge < -0.3 is 10.0 Å². The topological polar surface area (TPSA) is 53.4 Å². The zero-order valence-electron chi connectivity index (χ0n) is 8.68. The molecule has 1 aliphatic rings. The van der Waals surface area contributed by atoms with Crippen molar-refractivity contribution in [3.8, 4) is 0 Å². The van der Waals surface area contributed by atoms with Gasteiger partial charge in [0.1, 0.15) is 5.69 Å². The Kier molecular flexibility index (Phi) is 2.58. The third-order valence-corrected chi connectivity index (χ3v) is 2.75. The van der Waals surface area contributed by atoms with Crippen molar-refractivity contribution in [3.05, 3.63) is 24.0 Å². The maximum Gasteiger partial charge on any atom is 0.354 e. The molecule has 4 heteroatoms.